The highest BCUT2D eigenvalue weighted by Crippen LogP contribution is 2.34. The molecule has 1 fully saturated rings. The largest absolute Gasteiger partial charge is 0.465 e. The fourth-order valence-electron chi connectivity index (χ4n) is 2.27. The van der Waals surface area contributed by atoms with Crippen LogP contribution in [0.1, 0.15) is 5.56 Å². The number of piperazine rings is 1. The van der Waals surface area contributed by atoms with Crippen LogP contribution in [0.5, 0.6) is 0 Å². The van der Waals surface area contributed by atoms with Crippen LogP contribution in [0.25, 0.3) is 0 Å². The summed E-state index contributed by atoms with van der Waals surface area (Å²) in [6.45, 7) is 0.214. The van der Waals surface area contributed by atoms with Crippen LogP contribution in [-0.4, -0.2) is 58.5 Å². The number of aliphatic hydroxyl groups is 1. The number of hydrogen-bond acceptors (Lipinski definition) is 4. The first-order valence-electron chi connectivity index (χ1n) is 6.32. The van der Waals surface area contributed by atoms with Gasteiger partial charge in [-0.25, -0.2) is 9.78 Å². The average Bonchev–Trinajstić information content (AvgIpc) is 2.45. The molecule has 1 aliphatic heterocycles. The van der Waals surface area contributed by atoms with Crippen LogP contribution in [0.4, 0.5) is 23.8 Å². The lowest BCUT2D eigenvalue weighted by Gasteiger charge is -2.40. The molecule has 0 spiro atoms. The summed E-state index contributed by atoms with van der Waals surface area (Å²) in [6.07, 6.45) is -4.80. The number of carbonyl (C=O) groups is 1. The van der Waals surface area contributed by atoms with E-state index in [1.807, 2.05) is 0 Å². The molecule has 2 heterocycles. The molecule has 1 unspecified atom stereocenters. The van der Waals surface area contributed by atoms with Crippen LogP contribution >= 0.6 is 22.6 Å². The minimum Gasteiger partial charge on any atom is -0.465 e. The van der Waals surface area contributed by atoms with Crippen LogP contribution in [-0.2, 0) is 6.18 Å². The SMILES string of the molecule is O=C(O)N1CCN(c2cc(I)c(C(F)(F)F)cn2)C(CO)C1. The van der Waals surface area contributed by atoms with Gasteiger partial charge >= 0.3 is 12.3 Å². The number of amides is 1. The molecule has 2 rings (SSSR count). The summed E-state index contributed by atoms with van der Waals surface area (Å²) in [4.78, 5) is 17.6. The zero-order valence-corrected chi connectivity index (χ0v) is 13.4. The third kappa shape index (κ3) is 3.54. The molecule has 1 saturated heterocycles. The van der Waals surface area contributed by atoms with Gasteiger partial charge in [0.2, 0.25) is 0 Å². The molecular formula is C12H13F3IN3O3. The van der Waals surface area contributed by atoms with Gasteiger partial charge in [0, 0.05) is 29.4 Å². The van der Waals surface area contributed by atoms with Crippen molar-refractivity contribution in [1.29, 1.82) is 0 Å². The third-order valence-corrected chi connectivity index (χ3v) is 4.30. The molecule has 2 N–H and O–H groups in total. The topological polar surface area (TPSA) is 76.9 Å². The van der Waals surface area contributed by atoms with Crippen molar-refractivity contribution in [2.45, 2.75) is 12.2 Å². The summed E-state index contributed by atoms with van der Waals surface area (Å²) in [5.41, 5.74) is -0.818. The van der Waals surface area contributed by atoms with E-state index in [9.17, 15) is 23.1 Å². The summed E-state index contributed by atoms with van der Waals surface area (Å²) in [5.74, 6) is 0.293. The zero-order chi connectivity index (χ0) is 16.5. The molecule has 0 aliphatic carbocycles. The predicted molar refractivity (Wildman–Crippen MR) is 79.8 cm³/mol. The smallest absolute Gasteiger partial charge is 0.418 e. The van der Waals surface area contributed by atoms with Crippen LogP contribution in [0, 0.1) is 3.57 Å². The highest BCUT2D eigenvalue weighted by atomic mass is 127. The minimum absolute atomic E-state index is 0.00690. The Bertz CT molecular complexity index is 570. The number of aromatic nitrogens is 1. The summed E-state index contributed by atoms with van der Waals surface area (Å²) in [6, 6.07) is 0.757. The third-order valence-electron chi connectivity index (χ3n) is 3.40. The fourth-order valence-corrected chi connectivity index (χ4v) is 3.00. The Morgan fingerprint density at radius 3 is 2.64 bits per heavy atom. The Labute approximate surface area is 137 Å². The highest BCUT2D eigenvalue weighted by Gasteiger charge is 2.35. The molecule has 0 bridgehead atoms. The molecule has 1 amide bonds. The van der Waals surface area contributed by atoms with Gasteiger partial charge in [0.05, 0.1) is 18.2 Å². The normalized spacial score (nSPS) is 19.4. The fraction of sp³-hybridized carbons (Fsp3) is 0.500. The second-order valence-corrected chi connectivity index (χ2v) is 5.94. The molecule has 6 nitrogen and oxygen atoms in total. The van der Waals surface area contributed by atoms with E-state index in [0.29, 0.717) is 5.82 Å². The number of nitrogens with zero attached hydrogens (tertiary/aromatic N) is 3. The number of anilines is 1. The quantitative estimate of drug-likeness (QED) is 0.700. The Hall–Kier alpha value is -1.30. The average molecular weight is 431 g/mol. The van der Waals surface area contributed by atoms with E-state index in [0.717, 1.165) is 11.1 Å². The molecule has 0 aromatic carbocycles. The van der Waals surface area contributed by atoms with Crippen molar-refractivity contribution in [2.75, 3.05) is 31.1 Å². The number of halogens is 4. The van der Waals surface area contributed by atoms with E-state index >= 15 is 0 Å². The Balaban J connectivity index is 2.24. The van der Waals surface area contributed by atoms with Gasteiger partial charge in [-0.2, -0.15) is 13.2 Å². The standard InChI is InChI=1S/C12H13F3IN3O3/c13-12(14,15)8-4-17-10(3-9(8)16)19-2-1-18(11(21)22)5-7(19)6-20/h3-4,7,20H,1-2,5-6H2,(H,21,22). The van der Waals surface area contributed by atoms with E-state index in [4.69, 9.17) is 5.11 Å². The molecular weight excluding hydrogens is 418 g/mol. The number of rotatable bonds is 2. The van der Waals surface area contributed by atoms with Crippen LogP contribution in [0.2, 0.25) is 0 Å². The van der Waals surface area contributed by atoms with E-state index in [-0.39, 0.29) is 29.8 Å². The first kappa shape index (κ1) is 17.1. The maximum absolute atomic E-state index is 12.7. The first-order chi connectivity index (χ1) is 10.2. The van der Waals surface area contributed by atoms with E-state index < -0.39 is 23.9 Å². The van der Waals surface area contributed by atoms with Crippen LogP contribution < -0.4 is 4.90 Å². The second kappa shape index (κ2) is 6.44. The van der Waals surface area contributed by atoms with Crippen molar-refractivity contribution in [1.82, 2.24) is 9.88 Å². The monoisotopic (exact) mass is 431 g/mol. The highest BCUT2D eigenvalue weighted by molar-refractivity contribution is 14.1. The van der Waals surface area contributed by atoms with Crippen LogP contribution in [0.15, 0.2) is 12.3 Å². The molecule has 0 radical (unpaired) electrons. The van der Waals surface area contributed by atoms with E-state index in [1.54, 1.807) is 27.5 Å². The van der Waals surface area contributed by atoms with Crippen molar-refractivity contribution >= 4 is 34.5 Å². The van der Waals surface area contributed by atoms with Crippen molar-refractivity contribution in [3.05, 3.63) is 21.4 Å². The Morgan fingerprint density at radius 1 is 1.45 bits per heavy atom. The molecule has 10 heteroatoms. The molecule has 122 valence electrons. The molecule has 0 saturated carbocycles. The lowest BCUT2D eigenvalue weighted by Crippen LogP contribution is -2.56. The maximum Gasteiger partial charge on any atom is 0.418 e. The number of hydrogen-bond donors (Lipinski definition) is 2. The Morgan fingerprint density at radius 2 is 2.14 bits per heavy atom. The number of aliphatic hydroxyl groups excluding tert-OH is 1. The summed E-state index contributed by atoms with van der Waals surface area (Å²) >= 11 is 1.59. The lowest BCUT2D eigenvalue weighted by atomic mass is 10.1. The van der Waals surface area contributed by atoms with Gasteiger partial charge in [0.25, 0.3) is 0 Å². The molecule has 1 atom stereocenters. The van der Waals surface area contributed by atoms with Crippen LogP contribution in [0.3, 0.4) is 0 Å². The predicted octanol–water partition coefficient (Wildman–Crippen LogP) is 1.87. The number of pyridine rings is 1. The van der Waals surface area contributed by atoms with Gasteiger partial charge in [0.15, 0.2) is 0 Å². The molecule has 22 heavy (non-hydrogen) atoms. The number of alkyl halides is 3. The minimum atomic E-state index is -4.47. The van der Waals surface area contributed by atoms with Gasteiger partial charge in [-0.15, -0.1) is 0 Å². The van der Waals surface area contributed by atoms with Crippen molar-refractivity contribution < 1.29 is 28.2 Å². The molecule has 1 aromatic rings. The van der Waals surface area contributed by atoms with Gasteiger partial charge in [-0.3, -0.25) is 0 Å². The van der Waals surface area contributed by atoms with Gasteiger partial charge in [-0.1, -0.05) is 0 Å². The number of carboxylic acid groups (broad SMARTS) is 1. The zero-order valence-electron chi connectivity index (χ0n) is 11.2. The van der Waals surface area contributed by atoms with Gasteiger partial charge in [0.1, 0.15) is 5.82 Å². The summed E-state index contributed by atoms with van der Waals surface area (Å²) in [5, 5.41) is 18.4. The molecule has 1 aliphatic rings. The van der Waals surface area contributed by atoms with E-state index in [1.165, 1.54) is 6.07 Å². The summed E-state index contributed by atoms with van der Waals surface area (Å²) in [7, 11) is 0. The van der Waals surface area contributed by atoms with Gasteiger partial charge in [-0.05, 0) is 28.7 Å². The maximum atomic E-state index is 12.7. The van der Waals surface area contributed by atoms with Gasteiger partial charge < -0.3 is 20.0 Å². The van der Waals surface area contributed by atoms with Crippen molar-refractivity contribution in [3.8, 4) is 0 Å². The van der Waals surface area contributed by atoms with Crippen molar-refractivity contribution in [2.24, 2.45) is 0 Å². The Kier molecular flexibility index (Phi) is 5.00. The molecule has 1 aromatic heterocycles. The second-order valence-electron chi connectivity index (χ2n) is 4.78. The summed E-state index contributed by atoms with van der Waals surface area (Å²) < 4.78 is 38.2. The first-order valence-corrected chi connectivity index (χ1v) is 7.40. The lowest BCUT2D eigenvalue weighted by molar-refractivity contribution is -0.138. The van der Waals surface area contributed by atoms with Crippen molar-refractivity contribution in [3.63, 3.8) is 0 Å². The van der Waals surface area contributed by atoms with E-state index in [2.05, 4.69) is 4.98 Å².